The van der Waals surface area contributed by atoms with Crippen molar-refractivity contribution in [3.8, 4) is 10.6 Å². The van der Waals surface area contributed by atoms with Gasteiger partial charge in [-0.05, 0) is 23.9 Å². The van der Waals surface area contributed by atoms with Crippen molar-refractivity contribution in [2.75, 3.05) is 0 Å². The molecule has 0 spiro atoms. The molecule has 0 N–H and O–H groups in total. The molecular weight excluding hydrogens is 270 g/mol. The smallest absolute Gasteiger partial charge is 0.0986 e. The molecule has 2 heterocycles. The second-order valence-electron chi connectivity index (χ2n) is 5.84. The predicted octanol–water partition coefficient (Wildman–Crippen LogP) is 5.63. The molecule has 1 nitrogen and oxygen atoms in total. The first-order valence-corrected chi connectivity index (χ1v) is 8.11. The lowest BCUT2D eigenvalue weighted by atomic mass is 9.98. The molecule has 2 aromatic heterocycles. The van der Waals surface area contributed by atoms with Gasteiger partial charge in [-0.15, -0.1) is 22.7 Å². The molecule has 0 aliphatic rings. The number of nitrogens with zero attached hydrogens (tertiary/aromatic N) is 1. The van der Waals surface area contributed by atoms with E-state index < -0.39 is 0 Å². The molecule has 0 fully saturated rings. The van der Waals surface area contributed by atoms with E-state index in [0.29, 0.717) is 0 Å². The zero-order chi connectivity index (χ0) is 13.6. The SMILES string of the molecule is Cc1c(-c2csc(C(C)(C)C)n2)sc2ccccc12. The average Bonchev–Trinajstić information content (AvgIpc) is 2.94. The number of hydrogen-bond acceptors (Lipinski definition) is 3. The van der Waals surface area contributed by atoms with Gasteiger partial charge in [0.2, 0.25) is 0 Å². The van der Waals surface area contributed by atoms with Gasteiger partial charge in [-0.1, -0.05) is 39.0 Å². The first-order valence-electron chi connectivity index (χ1n) is 6.41. The number of rotatable bonds is 1. The third kappa shape index (κ3) is 2.21. The molecule has 0 saturated heterocycles. The van der Waals surface area contributed by atoms with Crippen LogP contribution in [0.5, 0.6) is 0 Å². The van der Waals surface area contributed by atoms with E-state index in [1.807, 2.05) is 11.3 Å². The Morgan fingerprint density at radius 1 is 1.11 bits per heavy atom. The van der Waals surface area contributed by atoms with Crippen molar-refractivity contribution < 1.29 is 0 Å². The maximum absolute atomic E-state index is 4.84. The summed E-state index contributed by atoms with van der Waals surface area (Å²) in [5.41, 5.74) is 2.62. The lowest BCUT2D eigenvalue weighted by molar-refractivity contribution is 0.586. The Morgan fingerprint density at radius 2 is 1.84 bits per heavy atom. The number of fused-ring (bicyclic) bond motifs is 1. The van der Waals surface area contributed by atoms with Crippen LogP contribution in [0.15, 0.2) is 29.6 Å². The van der Waals surface area contributed by atoms with Crippen molar-refractivity contribution in [3.63, 3.8) is 0 Å². The average molecular weight is 287 g/mol. The monoisotopic (exact) mass is 287 g/mol. The Morgan fingerprint density at radius 3 is 2.47 bits per heavy atom. The van der Waals surface area contributed by atoms with Crippen molar-refractivity contribution in [1.82, 2.24) is 4.98 Å². The van der Waals surface area contributed by atoms with E-state index in [2.05, 4.69) is 57.3 Å². The Kier molecular flexibility index (Phi) is 2.99. The highest BCUT2D eigenvalue weighted by atomic mass is 32.1. The Hall–Kier alpha value is -1.19. The molecule has 0 unspecified atom stereocenters. The summed E-state index contributed by atoms with van der Waals surface area (Å²) in [6.07, 6.45) is 0. The van der Waals surface area contributed by atoms with E-state index in [4.69, 9.17) is 4.98 Å². The summed E-state index contributed by atoms with van der Waals surface area (Å²) in [7, 11) is 0. The zero-order valence-electron chi connectivity index (χ0n) is 11.7. The molecule has 1 aromatic carbocycles. The standard InChI is InChI=1S/C16H17NS2/c1-10-11-7-5-6-8-13(11)19-14(10)12-9-18-15(17-12)16(2,3)4/h5-9H,1-4H3. The Bertz CT molecular complexity index is 729. The van der Waals surface area contributed by atoms with Crippen LogP contribution in [0, 0.1) is 6.92 Å². The summed E-state index contributed by atoms with van der Waals surface area (Å²) in [5, 5.41) is 4.75. The van der Waals surface area contributed by atoms with Crippen molar-refractivity contribution in [1.29, 1.82) is 0 Å². The Balaban J connectivity index is 2.14. The van der Waals surface area contributed by atoms with Crippen LogP contribution < -0.4 is 0 Å². The third-order valence-corrected chi connectivity index (χ3v) is 5.79. The predicted molar refractivity (Wildman–Crippen MR) is 86.4 cm³/mol. The summed E-state index contributed by atoms with van der Waals surface area (Å²) < 4.78 is 1.35. The maximum Gasteiger partial charge on any atom is 0.0986 e. The number of hydrogen-bond donors (Lipinski definition) is 0. The maximum atomic E-state index is 4.84. The number of thiophene rings is 1. The highest BCUT2D eigenvalue weighted by Gasteiger charge is 2.20. The van der Waals surface area contributed by atoms with Gasteiger partial charge in [-0.3, -0.25) is 0 Å². The van der Waals surface area contributed by atoms with Gasteiger partial charge in [-0.25, -0.2) is 4.98 Å². The summed E-state index contributed by atoms with van der Waals surface area (Å²) in [5.74, 6) is 0. The van der Waals surface area contributed by atoms with Gasteiger partial charge in [0, 0.05) is 15.5 Å². The van der Waals surface area contributed by atoms with Crippen molar-refractivity contribution >= 4 is 32.8 Å². The molecule has 0 atom stereocenters. The van der Waals surface area contributed by atoms with Crippen molar-refractivity contribution in [2.24, 2.45) is 0 Å². The molecule has 0 radical (unpaired) electrons. The summed E-state index contributed by atoms with van der Waals surface area (Å²) in [6.45, 7) is 8.85. The van der Waals surface area contributed by atoms with Crippen LogP contribution in [-0.4, -0.2) is 4.98 Å². The molecule has 0 aliphatic heterocycles. The van der Waals surface area contributed by atoms with Gasteiger partial charge in [0.05, 0.1) is 15.6 Å². The van der Waals surface area contributed by atoms with Crippen LogP contribution >= 0.6 is 22.7 Å². The van der Waals surface area contributed by atoms with Gasteiger partial charge in [-0.2, -0.15) is 0 Å². The van der Waals surface area contributed by atoms with E-state index in [1.165, 1.54) is 25.5 Å². The van der Waals surface area contributed by atoms with Gasteiger partial charge >= 0.3 is 0 Å². The summed E-state index contributed by atoms with van der Waals surface area (Å²) >= 11 is 3.61. The minimum Gasteiger partial charge on any atom is -0.240 e. The fraction of sp³-hybridized carbons (Fsp3) is 0.312. The lowest BCUT2D eigenvalue weighted by Crippen LogP contribution is -2.10. The van der Waals surface area contributed by atoms with Crippen molar-refractivity contribution in [2.45, 2.75) is 33.1 Å². The number of aryl methyl sites for hydroxylation is 1. The minimum absolute atomic E-state index is 0.132. The van der Waals surface area contributed by atoms with Crippen LogP contribution in [0.2, 0.25) is 0 Å². The quantitative estimate of drug-likeness (QED) is 0.565. The summed E-state index contributed by atoms with van der Waals surface area (Å²) in [4.78, 5) is 6.15. The minimum atomic E-state index is 0.132. The molecule has 0 amide bonds. The second kappa shape index (κ2) is 4.43. The summed E-state index contributed by atoms with van der Waals surface area (Å²) in [6, 6.07) is 8.59. The Labute approximate surface area is 121 Å². The third-order valence-electron chi connectivity index (χ3n) is 3.22. The first kappa shape index (κ1) is 12.8. The highest BCUT2D eigenvalue weighted by molar-refractivity contribution is 7.22. The molecular formula is C16H17NS2. The van der Waals surface area contributed by atoms with Crippen LogP contribution in [0.1, 0.15) is 31.3 Å². The van der Waals surface area contributed by atoms with E-state index in [0.717, 1.165) is 5.69 Å². The molecule has 0 bridgehead atoms. The largest absolute Gasteiger partial charge is 0.240 e. The normalized spacial score (nSPS) is 12.2. The first-order chi connectivity index (χ1) is 8.97. The number of benzene rings is 1. The van der Waals surface area contributed by atoms with E-state index in [9.17, 15) is 0 Å². The lowest BCUT2D eigenvalue weighted by Gasteiger charge is -2.13. The fourth-order valence-corrected chi connectivity index (χ4v) is 4.28. The number of thiazole rings is 1. The molecule has 3 heteroatoms. The molecule has 3 aromatic rings. The van der Waals surface area contributed by atoms with Crippen molar-refractivity contribution in [3.05, 3.63) is 40.2 Å². The second-order valence-corrected chi connectivity index (χ2v) is 7.75. The van der Waals surface area contributed by atoms with Crippen LogP contribution in [0.4, 0.5) is 0 Å². The molecule has 0 saturated carbocycles. The topological polar surface area (TPSA) is 12.9 Å². The van der Waals surface area contributed by atoms with Crippen LogP contribution in [-0.2, 0) is 5.41 Å². The highest BCUT2D eigenvalue weighted by Crippen LogP contribution is 2.39. The van der Waals surface area contributed by atoms with Gasteiger partial charge in [0.15, 0.2) is 0 Å². The molecule has 0 aliphatic carbocycles. The van der Waals surface area contributed by atoms with E-state index in [1.54, 1.807) is 11.3 Å². The van der Waals surface area contributed by atoms with Crippen LogP contribution in [0.25, 0.3) is 20.7 Å². The fourth-order valence-electron chi connectivity index (χ4n) is 2.14. The van der Waals surface area contributed by atoms with Gasteiger partial charge in [0.1, 0.15) is 0 Å². The zero-order valence-corrected chi connectivity index (χ0v) is 13.3. The van der Waals surface area contributed by atoms with Gasteiger partial charge < -0.3 is 0 Å². The van der Waals surface area contributed by atoms with Gasteiger partial charge in [0.25, 0.3) is 0 Å². The molecule has 3 rings (SSSR count). The molecule has 98 valence electrons. The number of aromatic nitrogens is 1. The van der Waals surface area contributed by atoms with E-state index >= 15 is 0 Å². The van der Waals surface area contributed by atoms with E-state index in [-0.39, 0.29) is 5.41 Å². The van der Waals surface area contributed by atoms with Crippen LogP contribution in [0.3, 0.4) is 0 Å². The molecule has 19 heavy (non-hydrogen) atoms.